The number of carbonyl (C=O) groups is 1. The molecule has 1 atom stereocenters. The third-order valence-corrected chi connectivity index (χ3v) is 5.56. The van der Waals surface area contributed by atoms with Gasteiger partial charge in [-0.15, -0.1) is 0 Å². The third-order valence-electron chi connectivity index (χ3n) is 3.80. The van der Waals surface area contributed by atoms with E-state index in [1.54, 1.807) is 0 Å². The Bertz CT molecular complexity index is 456. The molecule has 0 bridgehead atoms. The zero-order valence-corrected chi connectivity index (χ0v) is 10.9. The lowest BCUT2D eigenvalue weighted by molar-refractivity contribution is -0.183. The van der Waals surface area contributed by atoms with Gasteiger partial charge in [0.05, 0.1) is 18.6 Å². The summed E-state index contributed by atoms with van der Waals surface area (Å²) in [7, 11) is -2.59. The van der Waals surface area contributed by atoms with Crippen molar-refractivity contribution in [2.75, 3.05) is 18.6 Å². The second kappa shape index (κ2) is 4.15. The van der Waals surface area contributed by atoms with Crippen LogP contribution < -0.4 is 0 Å². The Labute approximate surface area is 105 Å². The molecule has 0 N–H and O–H groups in total. The zero-order chi connectivity index (χ0) is 13.6. The topological polar surface area (TPSA) is 60.4 Å². The van der Waals surface area contributed by atoms with Crippen molar-refractivity contribution in [2.45, 2.75) is 31.6 Å². The summed E-state index contributed by atoms with van der Waals surface area (Å²) in [6.07, 6.45) is 0.660. The van der Waals surface area contributed by atoms with Gasteiger partial charge in [-0.2, -0.15) is 0 Å². The van der Waals surface area contributed by atoms with Crippen LogP contribution in [0, 0.1) is 11.3 Å². The Morgan fingerprint density at radius 2 is 2.00 bits per heavy atom. The molecular weight excluding hydrogens is 266 g/mol. The van der Waals surface area contributed by atoms with E-state index in [-0.39, 0.29) is 12.3 Å². The van der Waals surface area contributed by atoms with Crippen LogP contribution in [0.5, 0.6) is 0 Å². The highest BCUT2D eigenvalue weighted by Gasteiger charge is 2.65. The van der Waals surface area contributed by atoms with E-state index in [9.17, 15) is 22.0 Å². The van der Waals surface area contributed by atoms with Crippen molar-refractivity contribution in [2.24, 2.45) is 11.3 Å². The molecule has 2 aliphatic rings. The first-order valence-corrected chi connectivity index (χ1v) is 7.71. The van der Waals surface area contributed by atoms with Gasteiger partial charge < -0.3 is 4.74 Å². The third kappa shape index (κ3) is 2.24. The second-order valence-electron chi connectivity index (χ2n) is 5.27. The van der Waals surface area contributed by atoms with Crippen LogP contribution in [0.4, 0.5) is 8.78 Å². The van der Waals surface area contributed by atoms with E-state index in [0.717, 1.165) is 20.0 Å². The Balaban J connectivity index is 2.41. The molecule has 2 rings (SSSR count). The molecule has 2 fully saturated rings. The maximum atomic E-state index is 14.1. The summed E-state index contributed by atoms with van der Waals surface area (Å²) in [5.74, 6) is -5.75. The van der Waals surface area contributed by atoms with E-state index < -0.39 is 45.1 Å². The summed E-state index contributed by atoms with van der Waals surface area (Å²) >= 11 is 0. The number of ether oxygens (including phenoxy) is 1. The maximum Gasteiger partial charge on any atom is 0.319 e. The molecule has 104 valence electrons. The Morgan fingerprint density at radius 1 is 1.39 bits per heavy atom. The van der Waals surface area contributed by atoms with E-state index in [4.69, 9.17) is 0 Å². The van der Waals surface area contributed by atoms with E-state index in [1.807, 2.05) is 0 Å². The maximum absolute atomic E-state index is 14.1. The molecule has 1 heterocycles. The van der Waals surface area contributed by atoms with Gasteiger partial charge in [0.2, 0.25) is 0 Å². The van der Waals surface area contributed by atoms with Gasteiger partial charge >= 0.3 is 5.97 Å². The number of hydrogen-bond donors (Lipinski definition) is 0. The second-order valence-corrected chi connectivity index (χ2v) is 7.45. The highest BCUT2D eigenvalue weighted by Crippen LogP contribution is 2.53. The van der Waals surface area contributed by atoms with Gasteiger partial charge in [0.25, 0.3) is 5.92 Å². The summed E-state index contributed by atoms with van der Waals surface area (Å²) in [4.78, 5) is 11.8. The van der Waals surface area contributed by atoms with Crippen LogP contribution in [0.2, 0.25) is 0 Å². The van der Waals surface area contributed by atoms with E-state index in [1.165, 1.54) is 0 Å². The zero-order valence-electron chi connectivity index (χ0n) is 10.1. The number of sulfone groups is 1. The lowest BCUT2D eigenvalue weighted by Gasteiger charge is -2.41. The first-order chi connectivity index (χ1) is 8.22. The number of halogens is 2. The van der Waals surface area contributed by atoms with Gasteiger partial charge in [-0.05, 0) is 12.3 Å². The van der Waals surface area contributed by atoms with Crippen LogP contribution in [-0.4, -0.2) is 38.9 Å². The van der Waals surface area contributed by atoms with Crippen molar-refractivity contribution >= 4 is 15.8 Å². The SMILES string of the molecule is COC(=O)C1(CC2CC2)CS(=O)(=O)CCC1(F)F. The molecule has 0 spiro atoms. The Morgan fingerprint density at radius 3 is 2.50 bits per heavy atom. The van der Waals surface area contributed by atoms with Crippen LogP contribution in [0.1, 0.15) is 25.7 Å². The number of methoxy groups -OCH3 is 1. The van der Waals surface area contributed by atoms with E-state index >= 15 is 0 Å². The van der Waals surface area contributed by atoms with Crippen LogP contribution in [0.25, 0.3) is 0 Å². The number of alkyl halides is 2. The fourth-order valence-corrected chi connectivity index (χ4v) is 4.50. The molecule has 0 radical (unpaired) electrons. The molecule has 4 nitrogen and oxygen atoms in total. The predicted molar refractivity (Wildman–Crippen MR) is 60.0 cm³/mol. The van der Waals surface area contributed by atoms with Gasteiger partial charge in [0, 0.05) is 6.42 Å². The summed E-state index contributed by atoms with van der Waals surface area (Å²) in [5.41, 5.74) is -2.18. The highest BCUT2D eigenvalue weighted by molar-refractivity contribution is 7.91. The normalized spacial score (nSPS) is 33.9. The summed E-state index contributed by atoms with van der Waals surface area (Å²) < 4.78 is 56.0. The van der Waals surface area contributed by atoms with Crippen LogP contribution in [0.15, 0.2) is 0 Å². The van der Waals surface area contributed by atoms with Crippen molar-refractivity contribution in [3.63, 3.8) is 0 Å². The quantitative estimate of drug-likeness (QED) is 0.734. The van der Waals surface area contributed by atoms with E-state index in [0.29, 0.717) is 0 Å². The first-order valence-electron chi connectivity index (χ1n) is 5.89. The Kier molecular flexibility index (Phi) is 3.16. The fourth-order valence-electron chi connectivity index (χ4n) is 2.59. The fraction of sp³-hybridized carbons (Fsp3) is 0.909. The molecule has 18 heavy (non-hydrogen) atoms. The molecule has 7 heteroatoms. The van der Waals surface area contributed by atoms with Crippen molar-refractivity contribution in [1.82, 2.24) is 0 Å². The average molecular weight is 282 g/mol. The summed E-state index contributed by atoms with van der Waals surface area (Å²) in [6, 6.07) is 0. The van der Waals surface area contributed by atoms with Crippen LogP contribution in [0.3, 0.4) is 0 Å². The lowest BCUT2D eigenvalue weighted by Crippen LogP contribution is -2.57. The molecule has 0 amide bonds. The number of esters is 1. The molecule has 1 aliphatic heterocycles. The van der Waals surface area contributed by atoms with Crippen molar-refractivity contribution in [3.8, 4) is 0 Å². The highest BCUT2D eigenvalue weighted by atomic mass is 32.2. The number of hydrogen-bond acceptors (Lipinski definition) is 4. The number of rotatable bonds is 3. The smallest absolute Gasteiger partial charge is 0.319 e. The summed E-state index contributed by atoms with van der Waals surface area (Å²) in [5, 5.41) is 0. The van der Waals surface area contributed by atoms with Crippen LogP contribution in [-0.2, 0) is 19.4 Å². The van der Waals surface area contributed by atoms with Gasteiger partial charge in [0.1, 0.15) is 5.41 Å². The molecule has 0 aromatic rings. The van der Waals surface area contributed by atoms with Crippen molar-refractivity contribution < 1.29 is 26.7 Å². The van der Waals surface area contributed by atoms with Gasteiger partial charge in [-0.3, -0.25) is 4.79 Å². The average Bonchev–Trinajstić information content (AvgIpc) is 3.06. The molecule has 1 aliphatic carbocycles. The van der Waals surface area contributed by atoms with Gasteiger partial charge in [-0.1, -0.05) is 12.8 Å². The molecule has 0 aromatic heterocycles. The van der Waals surface area contributed by atoms with Crippen LogP contribution >= 0.6 is 0 Å². The molecule has 1 saturated carbocycles. The molecular formula is C11H16F2O4S. The monoisotopic (exact) mass is 282 g/mol. The largest absolute Gasteiger partial charge is 0.468 e. The minimum absolute atomic E-state index is 0.0169. The Hall–Kier alpha value is -0.720. The molecule has 1 unspecified atom stereocenters. The minimum Gasteiger partial charge on any atom is -0.468 e. The molecule has 0 aromatic carbocycles. The minimum atomic E-state index is -3.62. The lowest BCUT2D eigenvalue weighted by atomic mass is 9.76. The van der Waals surface area contributed by atoms with Gasteiger partial charge in [0.15, 0.2) is 9.84 Å². The first kappa shape index (κ1) is 13.7. The van der Waals surface area contributed by atoms with Crippen molar-refractivity contribution in [3.05, 3.63) is 0 Å². The molecule has 1 saturated heterocycles. The van der Waals surface area contributed by atoms with E-state index in [2.05, 4.69) is 4.74 Å². The summed E-state index contributed by atoms with van der Waals surface area (Å²) in [6.45, 7) is 0. The van der Waals surface area contributed by atoms with Crippen molar-refractivity contribution in [1.29, 1.82) is 0 Å². The standard InChI is InChI=1S/C11H16F2O4S/c1-17-9(14)10(6-8-2-3-8)7-18(15,16)5-4-11(10,12)13/h8H,2-7H2,1H3. The predicted octanol–water partition coefficient (Wildman–Crippen LogP) is 1.40. The number of carbonyl (C=O) groups excluding carboxylic acids is 1. The van der Waals surface area contributed by atoms with Gasteiger partial charge in [-0.25, -0.2) is 17.2 Å².